The largest absolute Gasteiger partial charge is 0.340 e. The molecule has 1 N–H and O–H groups in total. The van der Waals surface area contributed by atoms with Crippen LogP contribution >= 0.6 is 0 Å². The molecule has 0 aliphatic rings. The van der Waals surface area contributed by atoms with Crippen LogP contribution in [0.25, 0.3) is 0 Å². The van der Waals surface area contributed by atoms with E-state index in [0.29, 0.717) is 5.69 Å². The number of hydrogen-bond donors (Lipinski definition) is 1. The number of amides is 1. The highest BCUT2D eigenvalue weighted by molar-refractivity contribution is 5.93. The van der Waals surface area contributed by atoms with E-state index in [1.807, 2.05) is 18.2 Å². The Morgan fingerprint density at radius 1 is 1.15 bits per heavy atom. The Labute approximate surface area is 160 Å². The van der Waals surface area contributed by atoms with Crippen molar-refractivity contribution in [3.63, 3.8) is 0 Å². The molecule has 1 amide bonds. The van der Waals surface area contributed by atoms with Crippen LogP contribution in [0, 0.1) is 13.8 Å². The van der Waals surface area contributed by atoms with Crippen molar-refractivity contribution in [2.24, 2.45) is 7.05 Å². The van der Waals surface area contributed by atoms with E-state index >= 15 is 0 Å². The van der Waals surface area contributed by atoms with Crippen molar-refractivity contribution in [3.05, 3.63) is 82.4 Å². The molecule has 1 aromatic carbocycles. The van der Waals surface area contributed by atoms with Crippen molar-refractivity contribution in [2.75, 3.05) is 0 Å². The second kappa shape index (κ2) is 7.74. The average molecular weight is 362 g/mol. The van der Waals surface area contributed by atoms with Gasteiger partial charge in [-0.25, -0.2) is 0 Å². The molecule has 5 heteroatoms. The third-order valence-corrected chi connectivity index (χ3v) is 4.76. The molecule has 1 atom stereocenters. The van der Waals surface area contributed by atoms with E-state index < -0.39 is 0 Å². The maximum atomic E-state index is 13.1. The number of aromatic nitrogens is 3. The van der Waals surface area contributed by atoms with Crippen LogP contribution in [-0.4, -0.2) is 20.7 Å². The summed E-state index contributed by atoms with van der Waals surface area (Å²) in [5.41, 5.74) is 5.77. The first-order valence-electron chi connectivity index (χ1n) is 9.18. The molecule has 2 aromatic heterocycles. The van der Waals surface area contributed by atoms with Crippen LogP contribution in [-0.2, 0) is 7.05 Å². The number of aryl methyl sites for hydroxylation is 3. The zero-order valence-corrected chi connectivity index (χ0v) is 16.5. The number of hydrogen-bond acceptors (Lipinski definition) is 3. The standard InChI is InChI=1S/C22H26N4O/c1-14(2)19-12-20(26(5)25-19)22(27)24-21(17-7-6-10-23-13-17)18-11-15(3)8-9-16(18)4/h6-14,21H,1-5H3,(H,24,27)/t21-/m0/s1. The molecule has 0 bridgehead atoms. The predicted molar refractivity (Wildman–Crippen MR) is 107 cm³/mol. The third kappa shape index (κ3) is 4.08. The molecule has 0 aliphatic carbocycles. The Kier molecular flexibility index (Phi) is 5.40. The molecule has 27 heavy (non-hydrogen) atoms. The molecule has 0 fully saturated rings. The van der Waals surface area contributed by atoms with Gasteiger partial charge < -0.3 is 5.32 Å². The van der Waals surface area contributed by atoms with E-state index in [9.17, 15) is 4.79 Å². The van der Waals surface area contributed by atoms with Crippen LogP contribution in [0.4, 0.5) is 0 Å². The highest BCUT2D eigenvalue weighted by Gasteiger charge is 2.22. The van der Waals surface area contributed by atoms with Crippen molar-refractivity contribution < 1.29 is 4.79 Å². The number of carbonyl (C=O) groups excluding carboxylic acids is 1. The van der Waals surface area contributed by atoms with Crippen LogP contribution < -0.4 is 5.32 Å². The lowest BCUT2D eigenvalue weighted by Gasteiger charge is -2.22. The van der Waals surface area contributed by atoms with Gasteiger partial charge in [0.25, 0.3) is 5.91 Å². The monoisotopic (exact) mass is 362 g/mol. The SMILES string of the molecule is Cc1ccc(C)c([C@@H](NC(=O)c2cc(C(C)C)nn2C)c2cccnc2)c1. The molecule has 0 unspecified atom stereocenters. The predicted octanol–water partition coefficient (Wildman–Crippen LogP) is 4.07. The summed E-state index contributed by atoms with van der Waals surface area (Å²) in [5.74, 6) is 0.123. The maximum absolute atomic E-state index is 13.1. The fourth-order valence-corrected chi connectivity index (χ4v) is 3.15. The zero-order valence-electron chi connectivity index (χ0n) is 16.5. The molecule has 2 heterocycles. The lowest BCUT2D eigenvalue weighted by atomic mass is 9.94. The first-order valence-corrected chi connectivity index (χ1v) is 9.18. The summed E-state index contributed by atoms with van der Waals surface area (Å²) in [5, 5.41) is 7.65. The van der Waals surface area contributed by atoms with Crippen molar-refractivity contribution >= 4 is 5.91 Å². The average Bonchev–Trinajstić information content (AvgIpc) is 3.05. The van der Waals surface area contributed by atoms with Crippen molar-refractivity contribution in [3.8, 4) is 0 Å². The number of carbonyl (C=O) groups is 1. The Morgan fingerprint density at radius 2 is 1.93 bits per heavy atom. The molecule has 3 rings (SSSR count). The molecule has 140 valence electrons. The highest BCUT2D eigenvalue weighted by atomic mass is 16.2. The van der Waals surface area contributed by atoms with Crippen molar-refractivity contribution in [2.45, 2.75) is 39.7 Å². The van der Waals surface area contributed by atoms with Gasteiger partial charge in [-0.2, -0.15) is 5.10 Å². The Bertz CT molecular complexity index is 944. The van der Waals surface area contributed by atoms with Gasteiger partial charge in [-0.05, 0) is 48.6 Å². The van der Waals surface area contributed by atoms with Gasteiger partial charge in [0.05, 0.1) is 11.7 Å². The van der Waals surface area contributed by atoms with Gasteiger partial charge in [-0.3, -0.25) is 14.5 Å². The van der Waals surface area contributed by atoms with E-state index in [4.69, 9.17) is 0 Å². The number of pyridine rings is 1. The third-order valence-electron chi connectivity index (χ3n) is 4.76. The maximum Gasteiger partial charge on any atom is 0.270 e. The number of nitrogens with zero attached hydrogens (tertiary/aromatic N) is 3. The van der Waals surface area contributed by atoms with Crippen LogP contribution in [0.2, 0.25) is 0 Å². The van der Waals surface area contributed by atoms with Gasteiger partial charge in [0.1, 0.15) is 5.69 Å². The molecule has 5 nitrogen and oxygen atoms in total. The molecular formula is C22H26N4O. The Balaban J connectivity index is 1.99. The minimum absolute atomic E-state index is 0.147. The first-order chi connectivity index (χ1) is 12.9. The smallest absolute Gasteiger partial charge is 0.270 e. The topological polar surface area (TPSA) is 59.8 Å². The molecule has 0 saturated heterocycles. The normalized spacial score (nSPS) is 12.2. The van der Waals surface area contributed by atoms with E-state index in [1.54, 1.807) is 24.1 Å². The number of rotatable bonds is 5. The Morgan fingerprint density at radius 3 is 2.56 bits per heavy atom. The van der Waals surface area contributed by atoms with Gasteiger partial charge in [0.15, 0.2) is 0 Å². The van der Waals surface area contributed by atoms with Gasteiger partial charge in [0.2, 0.25) is 0 Å². The van der Waals surface area contributed by atoms with Gasteiger partial charge in [-0.15, -0.1) is 0 Å². The lowest BCUT2D eigenvalue weighted by Crippen LogP contribution is -2.31. The molecule has 0 aliphatic heterocycles. The fourth-order valence-electron chi connectivity index (χ4n) is 3.15. The number of nitrogens with one attached hydrogen (secondary N) is 1. The summed E-state index contributed by atoms with van der Waals surface area (Å²) in [6, 6.07) is 11.8. The molecule has 3 aromatic rings. The Hall–Kier alpha value is -2.95. The van der Waals surface area contributed by atoms with Crippen LogP contribution in [0.1, 0.15) is 64.2 Å². The van der Waals surface area contributed by atoms with Crippen LogP contribution in [0.3, 0.4) is 0 Å². The summed E-state index contributed by atoms with van der Waals surface area (Å²) in [6.45, 7) is 8.25. The van der Waals surface area contributed by atoms with Crippen LogP contribution in [0.5, 0.6) is 0 Å². The molecule has 0 saturated carbocycles. The zero-order chi connectivity index (χ0) is 19.6. The van der Waals surface area contributed by atoms with E-state index in [2.05, 4.69) is 61.3 Å². The quantitative estimate of drug-likeness (QED) is 0.744. The summed E-state index contributed by atoms with van der Waals surface area (Å²) in [6.07, 6.45) is 3.54. The lowest BCUT2D eigenvalue weighted by molar-refractivity contribution is 0.0933. The van der Waals surface area contributed by atoms with E-state index in [1.165, 1.54) is 0 Å². The first kappa shape index (κ1) is 18.8. The molecule has 0 radical (unpaired) electrons. The van der Waals surface area contributed by atoms with Crippen molar-refractivity contribution in [1.82, 2.24) is 20.1 Å². The summed E-state index contributed by atoms with van der Waals surface area (Å²) >= 11 is 0. The second-order valence-electron chi connectivity index (χ2n) is 7.29. The highest BCUT2D eigenvalue weighted by Crippen LogP contribution is 2.26. The van der Waals surface area contributed by atoms with E-state index in [-0.39, 0.29) is 17.9 Å². The molecule has 0 spiro atoms. The van der Waals surface area contributed by atoms with Gasteiger partial charge in [0, 0.05) is 19.4 Å². The second-order valence-corrected chi connectivity index (χ2v) is 7.29. The van der Waals surface area contributed by atoms with E-state index in [0.717, 1.165) is 27.9 Å². The summed E-state index contributed by atoms with van der Waals surface area (Å²) in [4.78, 5) is 17.3. The fraction of sp³-hybridized carbons (Fsp3) is 0.318. The minimum atomic E-state index is -0.275. The minimum Gasteiger partial charge on any atom is -0.340 e. The van der Waals surface area contributed by atoms with Gasteiger partial charge >= 0.3 is 0 Å². The van der Waals surface area contributed by atoms with Crippen molar-refractivity contribution in [1.29, 1.82) is 0 Å². The number of benzene rings is 1. The summed E-state index contributed by atoms with van der Waals surface area (Å²) in [7, 11) is 1.80. The molecular weight excluding hydrogens is 336 g/mol. The summed E-state index contributed by atoms with van der Waals surface area (Å²) < 4.78 is 1.65. The van der Waals surface area contributed by atoms with Gasteiger partial charge in [-0.1, -0.05) is 43.7 Å². The van der Waals surface area contributed by atoms with Crippen LogP contribution in [0.15, 0.2) is 48.8 Å².